The van der Waals surface area contributed by atoms with Gasteiger partial charge in [-0.3, -0.25) is 4.98 Å². The summed E-state index contributed by atoms with van der Waals surface area (Å²) in [6, 6.07) is 14.3. The largest absolute Gasteiger partial charge is 0.337 e. The molecule has 0 aliphatic heterocycles. The van der Waals surface area contributed by atoms with Crippen LogP contribution in [0.15, 0.2) is 48.8 Å². The molecule has 5 heteroatoms. The van der Waals surface area contributed by atoms with E-state index in [1.807, 2.05) is 63.4 Å². The molecular formula is C22H19N5. The molecule has 0 saturated carbocycles. The molecule has 132 valence electrons. The molecule has 0 aliphatic rings. The van der Waals surface area contributed by atoms with Crippen molar-refractivity contribution in [2.75, 3.05) is 0 Å². The maximum Gasteiger partial charge on any atom is 0.149 e. The lowest BCUT2D eigenvalue weighted by Gasteiger charge is -2.08. The number of aromatic amines is 1. The van der Waals surface area contributed by atoms with E-state index in [1.165, 1.54) is 0 Å². The monoisotopic (exact) mass is 353 g/mol. The van der Waals surface area contributed by atoms with E-state index in [2.05, 4.69) is 31.7 Å². The molecule has 0 bridgehead atoms. The summed E-state index contributed by atoms with van der Waals surface area (Å²) in [5.74, 6) is 0.587. The molecule has 0 saturated heterocycles. The Morgan fingerprint density at radius 1 is 1.19 bits per heavy atom. The van der Waals surface area contributed by atoms with Gasteiger partial charge in [0.1, 0.15) is 11.9 Å². The lowest BCUT2D eigenvalue weighted by molar-refractivity contribution is 0.954. The second-order valence-corrected chi connectivity index (χ2v) is 6.65. The summed E-state index contributed by atoms with van der Waals surface area (Å²) < 4.78 is 2.13. The van der Waals surface area contributed by atoms with Crippen molar-refractivity contribution in [1.29, 1.82) is 5.26 Å². The minimum absolute atomic E-state index is 0.510. The molecular weight excluding hydrogens is 334 g/mol. The van der Waals surface area contributed by atoms with Crippen molar-refractivity contribution in [1.82, 2.24) is 19.5 Å². The Hall–Kier alpha value is -3.65. The van der Waals surface area contributed by atoms with Crippen LogP contribution < -0.4 is 0 Å². The van der Waals surface area contributed by atoms with Gasteiger partial charge in [0.25, 0.3) is 0 Å². The van der Waals surface area contributed by atoms with Gasteiger partial charge < -0.3 is 9.55 Å². The molecule has 1 N–H and O–H groups in total. The summed E-state index contributed by atoms with van der Waals surface area (Å²) in [6.45, 7) is 6.13. The number of pyridine rings is 1. The topological polar surface area (TPSA) is 70.3 Å². The average Bonchev–Trinajstić information content (AvgIpc) is 3.20. The van der Waals surface area contributed by atoms with Crippen molar-refractivity contribution in [3.8, 4) is 11.8 Å². The fourth-order valence-corrected chi connectivity index (χ4v) is 3.38. The van der Waals surface area contributed by atoms with E-state index in [0.717, 1.165) is 39.2 Å². The summed E-state index contributed by atoms with van der Waals surface area (Å²) in [6.07, 6.45) is 5.48. The van der Waals surface area contributed by atoms with Gasteiger partial charge in [-0.1, -0.05) is 6.07 Å². The van der Waals surface area contributed by atoms with E-state index in [4.69, 9.17) is 0 Å². The number of hydrogen-bond acceptors (Lipinski definition) is 3. The van der Waals surface area contributed by atoms with Gasteiger partial charge >= 0.3 is 0 Å². The maximum atomic E-state index is 9.71. The number of benzene rings is 1. The van der Waals surface area contributed by atoms with Crippen molar-refractivity contribution in [2.45, 2.75) is 20.8 Å². The third-order valence-corrected chi connectivity index (χ3v) is 4.69. The molecule has 0 unspecified atom stereocenters. The summed E-state index contributed by atoms with van der Waals surface area (Å²) in [4.78, 5) is 12.0. The fraction of sp³-hybridized carbons (Fsp3) is 0.136. The molecule has 1 aromatic carbocycles. The van der Waals surface area contributed by atoms with E-state index >= 15 is 0 Å². The summed E-state index contributed by atoms with van der Waals surface area (Å²) in [5, 5.41) is 9.71. The van der Waals surface area contributed by atoms with Gasteiger partial charge in [-0.15, -0.1) is 0 Å². The first-order valence-corrected chi connectivity index (χ1v) is 8.74. The van der Waals surface area contributed by atoms with Crippen LogP contribution >= 0.6 is 0 Å². The Kier molecular flexibility index (Phi) is 4.09. The van der Waals surface area contributed by atoms with Crippen molar-refractivity contribution in [3.63, 3.8) is 0 Å². The number of nitrogens with one attached hydrogen (secondary N) is 1. The molecule has 0 radical (unpaired) electrons. The Morgan fingerprint density at radius 2 is 2.04 bits per heavy atom. The van der Waals surface area contributed by atoms with Crippen LogP contribution in [0.3, 0.4) is 0 Å². The third kappa shape index (κ3) is 3.02. The zero-order chi connectivity index (χ0) is 19.0. The Balaban J connectivity index is 1.80. The van der Waals surface area contributed by atoms with E-state index in [0.29, 0.717) is 11.4 Å². The number of rotatable bonds is 3. The number of allylic oxidation sites excluding steroid dienone is 1. The van der Waals surface area contributed by atoms with Crippen LogP contribution in [0.4, 0.5) is 0 Å². The van der Waals surface area contributed by atoms with Crippen LogP contribution in [0, 0.1) is 32.1 Å². The molecule has 27 heavy (non-hydrogen) atoms. The van der Waals surface area contributed by atoms with Crippen molar-refractivity contribution in [2.24, 2.45) is 0 Å². The van der Waals surface area contributed by atoms with Crippen LogP contribution in [0.2, 0.25) is 0 Å². The average molecular weight is 353 g/mol. The predicted molar refractivity (Wildman–Crippen MR) is 107 cm³/mol. The lowest BCUT2D eigenvalue weighted by Crippen LogP contribution is -1.99. The number of fused-ring (bicyclic) bond motifs is 1. The van der Waals surface area contributed by atoms with E-state index in [1.54, 1.807) is 6.20 Å². The molecule has 0 fully saturated rings. The molecule has 4 aromatic rings. The number of aromatic nitrogens is 4. The van der Waals surface area contributed by atoms with Crippen LogP contribution in [-0.2, 0) is 0 Å². The van der Waals surface area contributed by atoms with E-state index in [-0.39, 0.29) is 0 Å². The molecule has 0 spiro atoms. The number of nitrogens with zero attached hydrogens (tertiary/aromatic N) is 4. The van der Waals surface area contributed by atoms with Gasteiger partial charge in [-0.2, -0.15) is 5.26 Å². The van der Waals surface area contributed by atoms with Gasteiger partial charge in [0, 0.05) is 17.6 Å². The van der Waals surface area contributed by atoms with Crippen LogP contribution in [0.25, 0.3) is 28.4 Å². The van der Waals surface area contributed by atoms with Gasteiger partial charge in [0.05, 0.1) is 28.5 Å². The minimum atomic E-state index is 0.510. The number of hydrogen-bond donors (Lipinski definition) is 1. The third-order valence-electron chi connectivity index (χ3n) is 4.69. The second-order valence-electron chi connectivity index (χ2n) is 6.65. The summed E-state index contributed by atoms with van der Waals surface area (Å²) in [7, 11) is 0. The van der Waals surface area contributed by atoms with Gasteiger partial charge in [0.15, 0.2) is 0 Å². The Bertz CT molecular complexity index is 1200. The van der Waals surface area contributed by atoms with Gasteiger partial charge in [-0.25, -0.2) is 4.98 Å². The predicted octanol–water partition coefficient (Wildman–Crippen LogP) is 4.74. The van der Waals surface area contributed by atoms with Crippen molar-refractivity contribution < 1.29 is 0 Å². The zero-order valence-electron chi connectivity index (χ0n) is 15.5. The van der Waals surface area contributed by atoms with E-state index < -0.39 is 0 Å². The highest BCUT2D eigenvalue weighted by Crippen LogP contribution is 2.25. The highest BCUT2D eigenvalue weighted by atomic mass is 15.0. The van der Waals surface area contributed by atoms with Crippen molar-refractivity contribution >= 4 is 22.7 Å². The molecule has 3 aromatic heterocycles. The fourth-order valence-electron chi connectivity index (χ4n) is 3.38. The first-order valence-electron chi connectivity index (χ1n) is 8.74. The highest BCUT2D eigenvalue weighted by Gasteiger charge is 2.13. The molecule has 4 rings (SSSR count). The van der Waals surface area contributed by atoms with Crippen LogP contribution in [-0.4, -0.2) is 19.5 Å². The Morgan fingerprint density at radius 3 is 2.78 bits per heavy atom. The van der Waals surface area contributed by atoms with Crippen LogP contribution in [0.1, 0.15) is 28.3 Å². The number of aryl methyl sites for hydroxylation is 2. The standard InChI is InChI=1S/C22H19N5/c1-14-6-7-20-21(9-14)26-22(25-20)18(12-23)11-17-10-15(2)27(16(17)3)19-5-4-8-24-13-19/h4-11,13H,1-3H3,(H,25,26)/b18-11-. The molecule has 5 nitrogen and oxygen atoms in total. The number of imidazole rings is 1. The molecule has 0 atom stereocenters. The minimum Gasteiger partial charge on any atom is -0.337 e. The molecule has 3 heterocycles. The molecule has 0 amide bonds. The Labute approximate surface area is 157 Å². The van der Waals surface area contributed by atoms with Gasteiger partial charge in [-0.05, 0) is 68.3 Å². The second kappa shape index (κ2) is 6.58. The van der Waals surface area contributed by atoms with Crippen molar-refractivity contribution in [3.05, 3.63) is 77.1 Å². The lowest BCUT2D eigenvalue weighted by atomic mass is 10.1. The SMILES string of the molecule is Cc1ccc2nc(/C(C#N)=C\c3cc(C)n(-c4cccnc4)c3C)[nH]c2c1. The maximum absolute atomic E-state index is 9.71. The highest BCUT2D eigenvalue weighted by molar-refractivity contribution is 5.91. The van der Waals surface area contributed by atoms with Crippen LogP contribution in [0.5, 0.6) is 0 Å². The van der Waals surface area contributed by atoms with Gasteiger partial charge in [0.2, 0.25) is 0 Å². The normalized spacial score (nSPS) is 11.7. The number of H-pyrrole nitrogens is 1. The zero-order valence-corrected chi connectivity index (χ0v) is 15.5. The number of nitriles is 1. The summed E-state index contributed by atoms with van der Waals surface area (Å²) >= 11 is 0. The first kappa shape index (κ1) is 16.8. The smallest absolute Gasteiger partial charge is 0.149 e. The quantitative estimate of drug-likeness (QED) is 0.541. The molecule has 0 aliphatic carbocycles. The first-order chi connectivity index (χ1) is 13.1. The van der Waals surface area contributed by atoms with E-state index in [9.17, 15) is 5.26 Å². The summed E-state index contributed by atoms with van der Waals surface area (Å²) in [5.41, 5.74) is 7.60.